The number of amides is 2. The highest BCUT2D eigenvalue weighted by atomic mass is 16.7. The Morgan fingerprint density at radius 3 is 2.21 bits per heavy atom. The SMILES string of the molecule is O=C(CN1CCC(c2ccccc2)CC1)N1CCC2(CCC(=O)N2OCc2ccccc2)CC1. The minimum Gasteiger partial charge on any atom is -0.341 e. The molecule has 3 heterocycles. The van der Waals surface area contributed by atoms with E-state index in [9.17, 15) is 9.59 Å². The standard InChI is InChI=1S/C28H35N3O3/c32-26-11-14-28(31(26)34-22-23-7-3-1-4-8-23)15-19-30(20-16-28)27(33)21-29-17-12-25(13-18-29)24-9-5-2-6-10-24/h1-10,25H,11-22H2. The molecule has 0 aliphatic carbocycles. The van der Waals surface area contributed by atoms with Crippen molar-refractivity contribution in [1.29, 1.82) is 0 Å². The van der Waals surface area contributed by atoms with Crippen LogP contribution in [0.1, 0.15) is 55.6 Å². The molecule has 2 amide bonds. The second kappa shape index (κ2) is 10.3. The van der Waals surface area contributed by atoms with Crippen molar-refractivity contribution in [2.45, 2.75) is 56.6 Å². The normalized spacial score (nSPS) is 21.4. The number of carbonyl (C=O) groups excluding carboxylic acids is 2. The van der Waals surface area contributed by atoms with Gasteiger partial charge >= 0.3 is 0 Å². The second-order valence-corrected chi connectivity index (χ2v) is 10.0. The van der Waals surface area contributed by atoms with E-state index in [1.165, 1.54) is 5.56 Å². The fourth-order valence-electron chi connectivity index (χ4n) is 5.80. The van der Waals surface area contributed by atoms with Crippen LogP contribution < -0.4 is 0 Å². The van der Waals surface area contributed by atoms with Gasteiger partial charge in [0.15, 0.2) is 0 Å². The Hall–Kier alpha value is -2.70. The summed E-state index contributed by atoms with van der Waals surface area (Å²) in [5.41, 5.74) is 2.21. The van der Waals surface area contributed by atoms with Crippen LogP contribution in [0.5, 0.6) is 0 Å². The first-order chi connectivity index (χ1) is 16.6. The molecule has 0 aromatic heterocycles. The summed E-state index contributed by atoms with van der Waals surface area (Å²) in [7, 11) is 0. The minimum atomic E-state index is -0.267. The molecule has 0 N–H and O–H groups in total. The highest BCUT2D eigenvalue weighted by Gasteiger charge is 2.48. The lowest BCUT2D eigenvalue weighted by molar-refractivity contribution is -0.222. The van der Waals surface area contributed by atoms with Crippen LogP contribution in [0.4, 0.5) is 0 Å². The summed E-state index contributed by atoms with van der Waals surface area (Å²) >= 11 is 0. The molecule has 3 aliphatic rings. The van der Waals surface area contributed by atoms with Gasteiger partial charge in [-0.2, -0.15) is 0 Å². The van der Waals surface area contributed by atoms with Gasteiger partial charge in [0.25, 0.3) is 0 Å². The molecule has 1 spiro atoms. The minimum absolute atomic E-state index is 0.0667. The van der Waals surface area contributed by atoms with Crippen LogP contribution in [0.3, 0.4) is 0 Å². The Labute approximate surface area is 202 Å². The van der Waals surface area contributed by atoms with Crippen molar-refractivity contribution in [2.75, 3.05) is 32.7 Å². The number of carbonyl (C=O) groups is 2. The van der Waals surface area contributed by atoms with Crippen LogP contribution in [0, 0.1) is 0 Å². The lowest BCUT2D eigenvalue weighted by Gasteiger charge is -2.44. The van der Waals surface area contributed by atoms with Crippen LogP contribution >= 0.6 is 0 Å². The Kier molecular flexibility index (Phi) is 6.97. The van der Waals surface area contributed by atoms with Crippen LogP contribution in [-0.2, 0) is 21.0 Å². The largest absolute Gasteiger partial charge is 0.341 e. The van der Waals surface area contributed by atoms with Crippen molar-refractivity contribution in [3.8, 4) is 0 Å². The summed E-state index contributed by atoms with van der Waals surface area (Å²) in [6, 6.07) is 20.7. The Morgan fingerprint density at radius 2 is 1.53 bits per heavy atom. The van der Waals surface area contributed by atoms with E-state index in [0.717, 1.165) is 50.8 Å². The molecule has 0 unspecified atom stereocenters. The number of piperidine rings is 2. The summed E-state index contributed by atoms with van der Waals surface area (Å²) in [5.74, 6) is 0.884. The van der Waals surface area contributed by atoms with Crippen molar-refractivity contribution in [2.24, 2.45) is 0 Å². The molecule has 0 saturated carbocycles. The maximum absolute atomic E-state index is 13.1. The third-order valence-corrected chi connectivity index (χ3v) is 7.93. The molecule has 3 saturated heterocycles. The van der Waals surface area contributed by atoms with Crippen LogP contribution in [0.15, 0.2) is 60.7 Å². The van der Waals surface area contributed by atoms with E-state index in [2.05, 4.69) is 35.2 Å². The molecule has 2 aromatic carbocycles. The third-order valence-electron chi connectivity index (χ3n) is 7.93. The maximum Gasteiger partial charge on any atom is 0.246 e. The van der Waals surface area contributed by atoms with E-state index in [0.29, 0.717) is 38.6 Å². The number of benzene rings is 2. The van der Waals surface area contributed by atoms with Gasteiger partial charge < -0.3 is 4.90 Å². The third kappa shape index (κ3) is 5.03. The zero-order chi connectivity index (χ0) is 23.4. The van der Waals surface area contributed by atoms with Gasteiger partial charge in [-0.3, -0.25) is 19.3 Å². The molecule has 180 valence electrons. The number of hydrogen-bond donors (Lipinski definition) is 0. The summed E-state index contributed by atoms with van der Waals surface area (Å²) in [5, 5.41) is 1.65. The van der Waals surface area contributed by atoms with Crippen molar-refractivity contribution in [3.63, 3.8) is 0 Å². The van der Waals surface area contributed by atoms with Crippen LogP contribution in [0.2, 0.25) is 0 Å². The summed E-state index contributed by atoms with van der Waals surface area (Å²) in [4.78, 5) is 36.0. The molecule has 3 aliphatic heterocycles. The molecule has 5 rings (SSSR count). The molecule has 0 atom stereocenters. The predicted octanol–water partition coefficient (Wildman–Crippen LogP) is 3.98. The van der Waals surface area contributed by atoms with E-state index in [1.807, 2.05) is 35.2 Å². The number of hydrogen-bond acceptors (Lipinski definition) is 4. The Balaban J connectivity index is 1.10. The highest BCUT2D eigenvalue weighted by molar-refractivity contribution is 5.80. The van der Waals surface area contributed by atoms with Crippen molar-refractivity contribution in [3.05, 3.63) is 71.8 Å². The number of likely N-dealkylation sites (tertiary alicyclic amines) is 2. The predicted molar refractivity (Wildman–Crippen MR) is 131 cm³/mol. The van der Waals surface area contributed by atoms with E-state index in [1.54, 1.807) is 5.06 Å². The van der Waals surface area contributed by atoms with Gasteiger partial charge in [0, 0.05) is 19.5 Å². The van der Waals surface area contributed by atoms with E-state index < -0.39 is 0 Å². The zero-order valence-electron chi connectivity index (χ0n) is 19.9. The first-order valence-corrected chi connectivity index (χ1v) is 12.7. The molecule has 0 radical (unpaired) electrons. The number of hydroxylamine groups is 2. The van der Waals surface area contributed by atoms with Crippen molar-refractivity contribution in [1.82, 2.24) is 14.9 Å². The molecule has 3 fully saturated rings. The molecular weight excluding hydrogens is 426 g/mol. The fraction of sp³-hybridized carbons (Fsp3) is 0.500. The number of rotatable bonds is 6. The zero-order valence-corrected chi connectivity index (χ0v) is 19.9. The van der Waals surface area contributed by atoms with Crippen LogP contribution in [-0.4, -0.2) is 64.9 Å². The van der Waals surface area contributed by atoms with E-state index >= 15 is 0 Å². The van der Waals surface area contributed by atoms with Gasteiger partial charge in [0.1, 0.15) is 6.61 Å². The van der Waals surface area contributed by atoms with Gasteiger partial charge in [-0.25, -0.2) is 5.06 Å². The van der Waals surface area contributed by atoms with Crippen molar-refractivity contribution >= 4 is 11.8 Å². The monoisotopic (exact) mass is 461 g/mol. The number of nitrogens with zero attached hydrogens (tertiary/aromatic N) is 3. The van der Waals surface area contributed by atoms with Crippen molar-refractivity contribution < 1.29 is 14.4 Å². The lowest BCUT2D eigenvalue weighted by atomic mass is 9.86. The van der Waals surface area contributed by atoms with Gasteiger partial charge in [0.05, 0.1) is 12.1 Å². The first kappa shape index (κ1) is 23.1. The quantitative estimate of drug-likeness (QED) is 0.653. The molecule has 34 heavy (non-hydrogen) atoms. The molecule has 2 aromatic rings. The average molecular weight is 462 g/mol. The topological polar surface area (TPSA) is 53.1 Å². The van der Waals surface area contributed by atoms with Gasteiger partial charge in [-0.05, 0) is 62.2 Å². The van der Waals surface area contributed by atoms with Crippen LogP contribution in [0.25, 0.3) is 0 Å². The Bertz CT molecular complexity index is 965. The average Bonchev–Trinajstić information content (AvgIpc) is 3.19. The first-order valence-electron chi connectivity index (χ1n) is 12.7. The van der Waals surface area contributed by atoms with E-state index in [-0.39, 0.29) is 17.4 Å². The van der Waals surface area contributed by atoms with Gasteiger partial charge in [-0.15, -0.1) is 0 Å². The fourth-order valence-corrected chi connectivity index (χ4v) is 5.80. The summed E-state index contributed by atoms with van der Waals surface area (Å²) < 4.78 is 0. The molecule has 6 heteroatoms. The smallest absolute Gasteiger partial charge is 0.246 e. The maximum atomic E-state index is 13.1. The summed E-state index contributed by atoms with van der Waals surface area (Å²) in [6.07, 6.45) is 5.13. The second-order valence-electron chi connectivity index (χ2n) is 10.0. The van der Waals surface area contributed by atoms with Gasteiger partial charge in [0.2, 0.25) is 11.8 Å². The highest BCUT2D eigenvalue weighted by Crippen LogP contribution is 2.39. The summed E-state index contributed by atoms with van der Waals surface area (Å²) in [6.45, 7) is 4.23. The molecule has 6 nitrogen and oxygen atoms in total. The molecule has 0 bridgehead atoms. The lowest BCUT2D eigenvalue weighted by Crippen LogP contribution is -2.55. The van der Waals surface area contributed by atoms with Gasteiger partial charge in [-0.1, -0.05) is 60.7 Å². The van der Waals surface area contributed by atoms with E-state index in [4.69, 9.17) is 4.84 Å². The molecular formula is C28H35N3O3. The Morgan fingerprint density at radius 1 is 0.882 bits per heavy atom.